The molecule has 1 aliphatic rings. The molecular formula is C25H23Cl2F2N2OV-3. The zero-order chi connectivity index (χ0) is 23.3. The molecule has 1 aliphatic heterocycles. The number of benzene rings is 2. The van der Waals surface area contributed by atoms with Crippen LogP contribution in [0.4, 0.5) is 14.5 Å². The van der Waals surface area contributed by atoms with Gasteiger partial charge in [-0.25, -0.2) is 14.9 Å². The number of carbonyl (C=O) groups is 1. The maximum absolute atomic E-state index is 14.5. The van der Waals surface area contributed by atoms with Crippen LogP contribution in [0.3, 0.4) is 0 Å². The van der Waals surface area contributed by atoms with Gasteiger partial charge in [-0.15, -0.1) is 5.57 Å². The summed E-state index contributed by atoms with van der Waals surface area (Å²) in [6, 6.07) is 6.67. The van der Waals surface area contributed by atoms with E-state index in [1.54, 1.807) is 17.9 Å². The van der Waals surface area contributed by atoms with Gasteiger partial charge in [0.2, 0.25) is 0 Å². The van der Waals surface area contributed by atoms with Gasteiger partial charge in [-0.2, -0.15) is 6.92 Å². The van der Waals surface area contributed by atoms with Gasteiger partial charge in [0.15, 0.2) is 0 Å². The van der Waals surface area contributed by atoms with Crippen molar-refractivity contribution in [2.45, 2.75) is 13.8 Å². The van der Waals surface area contributed by atoms with Crippen molar-refractivity contribution in [3.63, 3.8) is 0 Å². The van der Waals surface area contributed by atoms with Gasteiger partial charge in [-0.05, 0) is 31.2 Å². The van der Waals surface area contributed by atoms with Gasteiger partial charge in [0, 0.05) is 29.8 Å². The van der Waals surface area contributed by atoms with Gasteiger partial charge >= 0.3 is 0 Å². The summed E-state index contributed by atoms with van der Waals surface area (Å²) >= 11 is 12.6. The Morgan fingerprint density at radius 2 is 1.76 bits per heavy atom. The summed E-state index contributed by atoms with van der Waals surface area (Å²) in [5, 5.41) is 0.253. The van der Waals surface area contributed by atoms with Gasteiger partial charge in [0.1, 0.15) is 11.6 Å². The fraction of sp³-hybridized carbons (Fsp3) is 0.120. The molecule has 0 aliphatic carbocycles. The molecule has 1 heterocycles. The second kappa shape index (κ2) is 13.5. The first-order valence-electron chi connectivity index (χ1n) is 9.18. The Morgan fingerprint density at radius 3 is 2.27 bits per heavy atom. The number of aliphatic imine (C=N–C) groups is 1. The average Bonchev–Trinajstić information content (AvgIpc) is 2.87. The molecule has 8 heteroatoms. The fourth-order valence-electron chi connectivity index (χ4n) is 2.94. The number of rotatable bonds is 4. The molecule has 0 unspecified atom stereocenters. The summed E-state index contributed by atoms with van der Waals surface area (Å²) < 4.78 is 29.1. The molecule has 0 saturated carbocycles. The molecule has 0 N–H and O–H groups in total. The number of nitrogens with zero attached hydrogens (tertiary/aromatic N) is 2. The third kappa shape index (κ3) is 6.45. The average molecular weight is 527 g/mol. The SMILES string of the molecule is [CH-]=C/C(=C/N1C(=C)CN=C(c2c(F)cccc2F)c2c1ccc(Cl)c2Cl)C(C)=O.[CH2-]C.[CH3-].[V]. The molecule has 0 fully saturated rings. The Bertz CT molecular complexity index is 1090. The van der Waals surface area contributed by atoms with E-state index < -0.39 is 11.6 Å². The molecule has 0 saturated heterocycles. The van der Waals surface area contributed by atoms with Crippen LogP contribution in [-0.4, -0.2) is 18.0 Å². The van der Waals surface area contributed by atoms with Crippen LogP contribution in [0.15, 0.2) is 65.4 Å². The number of carbonyl (C=O) groups excluding carboxylic acids is 1. The second-order valence-corrected chi connectivity index (χ2v) is 7.05. The number of anilines is 1. The molecule has 0 bridgehead atoms. The number of fused-ring (bicyclic) bond motifs is 1. The zero-order valence-electron chi connectivity index (χ0n) is 18.5. The van der Waals surface area contributed by atoms with Crippen molar-refractivity contribution in [3.05, 3.63) is 114 Å². The maximum atomic E-state index is 14.5. The summed E-state index contributed by atoms with van der Waals surface area (Å²) in [4.78, 5) is 17.8. The van der Waals surface area contributed by atoms with Gasteiger partial charge in [0.25, 0.3) is 0 Å². The first-order chi connectivity index (χ1) is 14.8. The summed E-state index contributed by atoms with van der Waals surface area (Å²) in [5.41, 5.74) is 0.956. The number of halogens is 4. The maximum Gasteiger partial charge on any atom is 0.135 e. The van der Waals surface area contributed by atoms with Gasteiger partial charge in [-0.3, -0.25) is 11.6 Å². The predicted octanol–water partition coefficient (Wildman–Crippen LogP) is 7.19. The van der Waals surface area contributed by atoms with E-state index in [0.717, 1.165) is 18.2 Å². The Balaban J connectivity index is 0.00000249. The van der Waals surface area contributed by atoms with Crippen LogP contribution < -0.4 is 4.90 Å². The molecule has 3 rings (SSSR count). The van der Waals surface area contributed by atoms with Gasteiger partial charge in [0.05, 0.1) is 39.3 Å². The van der Waals surface area contributed by atoms with Crippen LogP contribution in [0.1, 0.15) is 25.0 Å². The van der Waals surface area contributed by atoms with E-state index in [9.17, 15) is 13.6 Å². The molecule has 2 aromatic rings. The van der Waals surface area contributed by atoms with Crippen molar-refractivity contribution in [3.8, 4) is 0 Å². The number of ketones is 1. The number of Topliss-reactive ketones (excluding diaryl/α,β-unsaturated/α-hetero) is 1. The minimum absolute atomic E-state index is 0. The Hall–Kier alpha value is -2.18. The zero-order valence-corrected chi connectivity index (χ0v) is 21.4. The van der Waals surface area contributed by atoms with Crippen LogP contribution >= 0.6 is 23.2 Å². The monoisotopic (exact) mass is 526 g/mol. The first-order valence-corrected chi connectivity index (χ1v) is 9.94. The number of hydrogen-bond donors (Lipinski definition) is 0. The van der Waals surface area contributed by atoms with Crippen molar-refractivity contribution in [2.24, 2.45) is 4.99 Å². The molecule has 2 aromatic carbocycles. The quantitative estimate of drug-likeness (QED) is 0.240. The van der Waals surface area contributed by atoms with Crippen LogP contribution in [0, 0.1) is 32.6 Å². The normalized spacial score (nSPS) is 12.7. The van der Waals surface area contributed by atoms with Crippen molar-refractivity contribution < 1.29 is 32.1 Å². The molecule has 0 aromatic heterocycles. The van der Waals surface area contributed by atoms with Crippen LogP contribution in [0.2, 0.25) is 10.0 Å². The first kappa shape index (κ1) is 30.8. The molecule has 175 valence electrons. The molecule has 33 heavy (non-hydrogen) atoms. The molecular weight excluding hydrogens is 504 g/mol. The molecule has 0 atom stereocenters. The van der Waals surface area contributed by atoms with E-state index in [0.29, 0.717) is 11.4 Å². The number of allylic oxidation sites excluding steroid dienone is 2. The van der Waals surface area contributed by atoms with Crippen molar-refractivity contribution in [1.82, 2.24) is 0 Å². The molecule has 0 amide bonds. The van der Waals surface area contributed by atoms with E-state index in [-0.39, 0.29) is 70.8 Å². The van der Waals surface area contributed by atoms with E-state index in [2.05, 4.69) is 18.5 Å². The standard InChI is InChI=1S/C22H15Cl2F2N2O.C2H5.CH3.V/c1-4-14(13(3)29)11-28-12(2)10-27-22(19-16(25)6-5-7-17(19)26)20-18(28)9-8-15(23)21(20)24;1-2;;/h1,4-9,11H,2,10H2,3H3;1H2,2H3;1H3;/q3*-1;/b14-11-;;;. The predicted molar refractivity (Wildman–Crippen MR) is 130 cm³/mol. The topological polar surface area (TPSA) is 32.7 Å². The summed E-state index contributed by atoms with van der Waals surface area (Å²) in [7, 11) is 0. The minimum atomic E-state index is -0.792. The van der Waals surface area contributed by atoms with Gasteiger partial charge in [-0.1, -0.05) is 42.0 Å². The second-order valence-electron chi connectivity index (χ2n) is 6.26. The summed E-state index contributed by atoms with van der Waals surface area (Å²) in [6.07, 6.45) is 2.64. The van der Waals surface area contributed by atoms with Crippen molar-refractivity contribution in [1.29, 1.82) is 0 Å². The molecule has 3 nitrogen and oxygen atoms in total. The van der Waals surface area contributed by atoms with E-state index >= 15 is 0 Å². The third-order valence-corrected chi connectivity index (χ3v) is 5.19. The van der Waals surface area contributed by atoms with E-state index in [1.165, 1.54) is 25.3 Å². The Labute approximate surface area is 216 Å². The Kier molecular flexibility index (Phi) is 12.6. The summed E-state index contributed by atoms with van der Waals surface area (Å²) in [5.74, 6) is -1.85. The molecule has 0 spiro atoms. The van der Waals surface area contributed by atoms with Crippen molar-refractivity contribution >= 4 is 40.4 Å². The smallest absolute Gasteiger partial charge is 0.135 e. The fourth-order valence-corrected chi connectivity index (χ4v) is 3.35. The van der Waals surface area contributed by atoms with Crippen LogP contribution in [0.5, 0.6) is 0 Å². The Morgan fingerprint density at radius 1 is 1.18 bits per heavy atom. The number of hydrogen-bond acceptors (Lipinski definition) is 3. The van der Waals surface area contributed by atoms with Gasteiger partial charge < -0.3 is 24.0 Å². The summed E-state index contributed by atoms with van der Waals surface area (Å²) in [6.45, 7) is 15.9. The van der Waals surface area contributed by atoms with Crippen LogP contribution in [0.25, 0.3) is 0 Å². The molecule has 1 radical (unpaired) electrons. The third-order valence-electron chi connectivity index (χ3n) is 4.38. The van der Waals surface area contributed by atoms with Crippen LogP contribution in [-0.2, 0) is 23.4 Å². The largest absolute Gasteiger partial charge is 0.358 e. The number of benzodiazepines with no additional fused rings is 1. The van der Waals surface area contributed by atoms with Crippen molar-refractivity contribution in [2.75, 3.05) is 11.4 Å². The van der Waals surface area contributed by atoms with E-state index in [1.807, 2.05) is 0 Å². The minimum Gasteiger partial charge on any atom is -0.358 e. The van der Waals surface area contributed by atoms with E-state index in [4.69, 9.17) is 29.8 Å².